The van der Waals surface area contributed by atoms with E-state index in [-0.39, 0.29) is 0 Å². The van der Waals surface area contributed by atoms with Crippen LogP contribution in [0.15, 0.2) is 30.3 Å². The Morgan fingerprint density at radius 1 is 1.19 bits per heavy atom. The van der Waals surface area contributed by atoms with E-state index in [0.717, 1.165) is 36.8 Å². The highest BCUT2D eigenvalue weighted by molar-refractivity contribution is 7.99. The van der Waals surface area contributed by atoms with E-state index in [4.69, 9.17) is 0 Å². The van der Waals surface area contributed by atoms with Crippen molar-refractivity contribution in [3.05, 3.63) is 35.9 Å². The highest BCUT2D eigenvalue weighted by Crippen LogP contribution is 2.35. The van der Waals surface area contributed by atoms with Crippen molar-refractivity contribution in [1.29, 1.82) is 0 Å². The third-order valence-corrected chi connectivity index (χ3v) is 6.08. The summed E-state index contributed by atoms with van der Waals surface area (Å²) in [6.07, 6.45) is 7.23. The standard InChI is InChI=1S/C18H27NOS/c20-18(9-11-21-12-10-18)14-19-17(13-15-5-4-6-15)16-7-2-1-3-8-16/h1-3,7-8,15,17,19-20H,4-6,9-14H2. The lowest BCUT2D eigenvalue weighted by molar-refractivity contribution is 0.0282. The summed E-state index contributed by atoms with van der Waals surface area (Å²) in [7, 11) is 0. The van der Waals surface area contributed by atoms with Crippen molar-refractivity contribution < 1.29 is 5.11 Å². The van der Waals surface area contributed by atoms with Gasteiger partial charge in [-0.3, -0.25) is 0 Å². The molecular weight excluding hydrogens is 278 g/mol. The van der Waals surface area contributed by atoms with Gasteiger partial charge in [-0.25, -0.2) is 0 Å². The lowest BCUT2D eigenvalue weighted by Crippen LogP contribution is -2.44. The average molecular weight is 305 g/mol. The van der Waals surface area contributed by atoms with E-state index in [9.17, 15) is 5.11 Å². The molecule has 3 heteroatoms. The van der Waals surface area contributed by atoms with Gasteiger partial charge in [-0.1, -0.05) is 49.6 Å². The summed E-state index contributed by atoms with van der Waals surface area (Å²) in [5, 5.41) is 14.4. The van der Waals surface area contributed by atoms with Gasteiger partial charge < -0.3 is 10.4 Å². The highest BCUT2D eigenvalue weighted by Gasteiger charge is 2.31. The molecule has 1 saturated carbocycles. The first-order chi connectivity index (χ1) is 10.3. The summed E-state index contributed by atoms with van der Waals surface area (Å²) in [6.45, 7) is 0.736. The van der Waals surface area contributed by atoms with Crippen LogP contribution in [0.1, 0.15) is 50.1 Å². The normalized spacial score (nSPS) is 23.5. The van der Waals surface area contributed by atoms with Gasteiger partial charge in [0.05, 0.1) is 5.60 Å². The number of aliphatic hydroxyl groups is 1. The maximum Gasteiger partial charge on any atom is 0.0787 e. The summed E-state index contributed by atoms with van der Waals surface area (Å²) in [5.74, 6) is 3.06. The Labute approximate surface area is 132 Å². The number of thioether (sulfide) groups is 1. The molecule has 2 N–H and O–H groups in total. The predicted octanol–water partition coefficient (Wildman–Crippen LogP) is 3.77. The van der Waals surface area contributed by atoms with E-state index < -0.39 is 5.60 Å². The minimum absolute atomic E-state index is 0.398. The van der Waals surface area contributed by atoms with Crippen LogP contribution >= 0.6 is 11.8 Å². The van der Waals surface area contributed by atoms with E-state index >= 15 is 0 Å². The largest absolute Gasteiger partial charge is 0.389 e. The van der Waals surface area contributed by atoms with Gasteiger partial charge in [-0.2, -0.15) is 11.8 Å². The Morgan fingerprint density at radius 3 is 2.52 bits per heavy atom. The second-order valence-electron chi connectivity index (χ2n) is 6.71. The first-order valence-electron chi connectivity index (χ1n) is 8.34. The zero-order valence-electron chi connectivity index (χ0n) is 12.8. The predicted molar refractivity (Wildman–Crippen MR) is 90.7 cm³/mol. The number of hydrogen-bond donors (Lipinski definition) is 2. The molecular formula is C18H27NOS. The number of hydrogen-bond acceptors (Lipinski definition) is 3. The van der Waals surface area contributed by atoms with Crippen LogP contribution in [-0.2, 0) is 0 Å². The fourth-order valence-electron chi connectivity index (χ4n) is 3.33. The zero-order chi connectivity index (χ0) is 14.5. The van der Waals surface area contributed by atoms with Gasteiger partial charge in [0, 0.05) is 12.6 Å². The Morgan fingerprint density at radius 2 is 1.90 bits per heavy atom. The number of nitrogens with one attached hydrogen (secondary N) is 1. The van der Waals surface area contributed by atoms with Crippen molar-refractivity contribution in [1.82, 2.24) is 5.32 Å². The van der Waals surface area contributed by atoms with Gasteiger partial charge in [-0.05, 0) is 42.2 Å². The summed E-state index contributed by atoms with van der Waals surface area (Å²) >= 11 is 1.96. The molecule has 1 aromatic rings. The molecule has 0 amide bonds. The van der Waals surface area contributed by atoms with Crippen molar-refractivity contribution in [2.45, 2.75) is 50.2 Å². The van der Waals surface area contributed by atoms with Crippen LogP contribution in [0, 0.1) is 5.92 Å². The van der Waals surface area contributed by atoms with Gasteiger partial charge in [0.25, 0.3) is 0 Å². The van der Waals surface area contributed by atoms with Gasteiger partial charge >= 0.3 is 0 Å². The molecule has 1 aliphatic heterocycles. The van der Waals surface area contributed by atoms with Crippen molar-refractivity contribution in [3.8, 4) is 0 Å². The molecule has 0 bridgehead atoms. The van der Waals surface area contributed by atoms with Crippen molar-refractivity contribution in [2.24, 2.45) is 5.92 Å². The molecule has 2 fully saturated rings. The maximum absolute atomic E-state index is 10.7. The second kappa shape index (κ2) is 7.17. The maximum atomic E-state index is 10.7. The molecule has 2 aliphatic rings. The summed E-state index contributed by atoms with van der Waals surface area (Å²) in [4.78, 5) is 0. The van der Waals surface area contributed by atoms with Crippen molar-refractivity contribution in [2.75, 3.05) is 18.1 Å². The zero-order valence-corrected chi connectivity index (χ0v) is 13.6. The minimum atomic E-state index is -0.488. The molecule has 1 aliphatic carbocycles. The van der Waals surface area contributed by atoms with E-state index in [1.54, 1.807) is 0 Å². The molecule has 1 unspecified atom stereocenters. The van der Waals surface area contributed by atoms with E-state index in [2.05, 4.69) is 35.6 Å². The molecule has 21 heavy (non-hydrogen) atoms. The first-order valence-corrected chi connectivity index (χ1v) is 9.49. The Kier molecular flexibility index (Phi) is 5.25. The number of benzene rings is 1. The van der Waals surface area contributed by atoms with Gasteiger partial charge in [0.2, 0.25) is 0 Å². The molecule has 0 aromatic heterocycles. The Bertz CT molecular complexity index is 426. The topological polar surface area (TPSA) is 32.3 Å². The number of rotatable bonds is 6. The van der Waals surface area contributed by atoms with Gasteiger partial charge in [0.15, 0.2) is 0 Å². The fourth-order valence-corrected chi connectivity index (χ4v) is 4.58. The van der Waals surface area contributed by atoms with Crippen LogP contribution in [-0.4, -0.2) is 28.8 Å². The highest BCUT2D eigenvalue weighted by atomic mass is 32.2. The van der Waals surface area contributed by atoms with Crippen LogP contribution < -0.4 is 5.32 Å². The summed E-state index contributed by atoms with van der Waals surface area (Å²) in [5.41, 5.74) is 0.885. The lowest BCUT2D eigenvalue weighted by atomic mass is 9.79. The summed E-state index contributed by atoms with van der Waals surface area (Å²) in [6, 6.07) is 11.2. The van der Waals surface area contributed by atoms with Crippen LogP contribution in [0.25, 0.3) is 0 Å². The van der Waals surface area contributed by atoms with E-state index in [1.807, 2.05) is 11.8 Å². The van der Waals surface area contributed by atoms with Crippen molar-refractivity contribution in [3.63, 3.8) is 0 Å². The SMILES string of the molecule is OC1(CNC(CC2CCC2)c2ccccc2)CCSCC1. The smallest absolute Gasteiger partial charge is 0.0787 e. The van der Waals surface area contributed by atoms with Crippen LogP contribution in [0.2, 0.25) is 0 Å². The Balaban J connectivity index is 1.61. The molecule has 1 aromatic carbocycles. The quantitative estimate of drug-likeness (QED) is 0.839. The molecule has 1 heterocycles. The molecule has 2 nitrogen and oxygen atoms in total. The van der Waals surface area contributed by atoms with Gasteiger partial charge in [-0.15, -0.1) is 0 Å². The van der Waals surface area contributed by atoms with E-state index in [1.165, 1.54) is 31.2 Å². The van der Waals surface area contributed by atoms with Crippen LogP contribution in [0.3, 0.4) is 0 Å². The first kappa shape index (κ1) is 15.4. The molecule has 0 spiro atoms. The van der Waals surface area contributed by atoms with E-state index in [0.29, 0.717) is 6.04 Å². The average Bonchev–Trinajstić information content (AvgIpc) is 2.47. The van der Waals surface area contributed by atoms with Gasteiger partial charge in [0.1, 0.15) is 0 Å². The molecule has 3 rings (SSSR count). The third kappa shape index (κ3) is 4.24. The monoisotopic (exact) mass is 305 g/mol. The third-order valence-electron chi connectivity index (χ3n) is 5.10. The summed E-state index contributed by atoms with van der Waals surface area (Å²) < 4.78 is 0. The molecule has 0 radical (unpaired) electrons. The second-order valence-corrected chi connectivity index (χ2v) is 7.94. The lowest BCUT2D eigenvalue weighted by Gasteiger charge is -2.36. The van der Waals surface area contributed by atoms with Crippen molar-refractivity contribution >= 4 is 11.8 Å². The fraction of sp³-hybridized carbons (Fsp3) is 0.667. The molecule has 1 saturated heterocycles. The van der Waals surface area contributed by atoms with Crippen LogP contribution in [0.5, 0.6) is 0 Å². The Hall–Kier alpha value is -0.510. The van der Waals surface area contributed by atoms with Crippen LogP contribution in [0.4, 0.5) is 0 Å². The molecule has 116 valence electrons. The molecule has 1 atom stereocenters. The minimum Gasteiger partial charge on any atom is -0.389 e.